The van der Waals surface area contributed by atoms with Crippen molar-refractivity contribution in [1.82, 2.24) is 9.71 Å². The van der Waals surface area contributed by atoms with Crippen molar-refractivity contribution in [3.05, 3.63) is 47.2 Å². The molecule has 0 aliphatic heterocycles. The number of nitrogens with one attached hydrogen (secondary N) is 1. The van der Waals surface area contributed by atoms with Gasteiger partial charge in [-0.2, -0.15) is 0 Å². The lowest BCUT2D eigenvalue weighted by Crippen LogP contribution is -2.32. The van der Waals surface area contributed by atoms with Gasteiger partial charge in [0, 0.05) is 5.92 Å². The largest absolute Gasteiger partial charge is 0.447 e. The Labute approximate surface area is 131 Å². The molecule has 2 rings (SSSR count). The second-order valence-corrected chi connectivity index (χ2v) is 6.84. The number of rotatable bonds is 4. The lowest BCUT2D eigenvalue weighted by Gasteiger charge is -2.09. The monoisotopic (exact) mass is 344 g/mol. The molecule has 0 aliphatic rings. The van der Waals surface area contributed by atoms with Crippen molar-refractivity contribution in [2.45, 2.75) is 31.6 Å². The number of carbonyl (C=O) groups is 1. The highest BCUT2D eigenvalue weighted by Crippen LogP contribution is 2.21. The normalized spacial score (nSPS) is 11.7. The molecule has 0 atom stereocenters. The van der Waals surface area contributed by atoms with Crippen LogP contribution >= 0.6 is 0 Å². The fourth-order valence-corrected chi connectivity index (χ4v) is 2.92. The number of amides is 1. The predicted octanol–water partition coefficient (Wildman–Crippen LogP) is 2.50. The smallest absolute Gasteiger partial charge is 0.287 e. The van der Waals surface area contributed by atoms with Gasteiger partial charge in [0.15, 0.2) is 12.1 Å². The highest BCUT2D eigenvalue weighted by atomic mass is 32.2. The van der Waals surface area contributed by atoms with Crippen LogP contribution in [0.15, 0.2) is 27.8 Å². The first kappa shape index (κ1) is 17.1. The third kappa shape index (κ3) is 3.39. The molecular weight excluding hydrogens is 330 g/mol. The summed E-state index contributed by atoms with van der Waals surface area (Å²) in [5, 5.41) is 0. The van der Waals surface area contributed by atoms with Crippen molar-refractivity contribution in [2.24, 2.45) is 0 Å². The summed E-state index contributed by atoms with van der Waals surface area (Å²) in [6, 6.07) is 1.26. The zero-order valence-electron chi connectivity index (χ0n) is 12.6. The number of aryl methyl sites for hydroxylation is 1. The fourth-order valence-electron chi connectivity index (χ4n) is 1.89. The molecule has 0 radical (unpaired) electrons. The van der Waals surface area contributed by atoms with Gasteiger partial charge in [0.1, 0.15) is 22.3 Å². The van der Waals surface area contributed by atoms with E-state index in [0.717, 1.165) is 12.5 Å². The SMILES string of the molecule is Cc1cc(F)c(S(=O)(=O)NC(=O)c2ncoc2C(C)C)cc1F. The van der Waals surface area contributed by atoms with E-state index in [4.69, 9.17) is 4.42 Å². The molecule has 23 heavy (non-hydrogen) atoms. The Morgan fingerprint density at radius 1 is 1.26 bits per heavy atom. The van der Waals surface area contributed by atoms with E-state index in [1.165, 1.54) is 6.92 Å². The van der Waals surface area contributed by atoms with Crippen LogP contribution in [0.1, 0.15) is 41.6 Å². The summed E-state index contributed by atoms with van der Waals surface area (Å²) >= 11 is 0. The maximum Gasteiger partial charge on any atom is 0.287 e. The van der Waals surface area contributed by atoms with E-state index in [1.54, 1.807) is 18.6 Å². The average Bonchev–Trinajstić information content (AvgIpc) is 2.91. The standard InChI is InChI=1S/C14H14F2N2O4S/c1-7(2)13-12(17-6-22-13)14(19)18-23(20,21)11-5-9(15)8(3)4-10(11)16/h4-7H,1-3H3,(H,18,19). The van der Waals surface area contributed by atoms with Gasteiger partial charge in [0.05, 0.1) is 0 Å². The van der Waals surface area contributed by atoms with Gasteiger partial charge >= 0.3 is 0 Å². The maximum atomic E-state index is 13.8. The summed E-state index contributed by atoms with van der Waals surface area (Å²) < 4.78 is 58.2. The zero-order valence-corrected chi connectivity index (χ0v) is 13.4. The minimum Gasteiger partial charge on any atom is -0.447 e. The number of sulfonamides is 1. The Morgan fingerprint density at radius 2 is 1.91 bits per heavy atom. The van der Waals surface area contributed by atoms with Crippen molar-refractivity contribution < 1.29 is 26.4 Å². The topological polar surface area (TPSA) is 89.3 Å². The molecule has 1 aromatic carbocycles. The van der Waals surface area contributed by atoms with Crippen LogP contribution in [0.25, 0.3) is 0 Å². The summed E-state index contributed by atoms with van der Waals surface area (Å²) in [6.45, 7) is 4.74. The summed E-state index contributed by atoms with van der Waals surface area (Å²) in [6.07, 6.45) is 1.00. The molecule has 0 saturated carbocycles. The summed E-state index contributed by atoms with van der Waals surface area (Å²) in [4.78, 5) is 14.8. The number of carbonyl (C=O) groups excluding carboxylic acids is 1. The molecule has 6 nitrogen and oxygen atoms in total. The van der Waals surface area contributed by atoms with E-state index in [0.29, 0.717) is 6.07 Å². The molecule has 0 unspecified atom stereocenters. The highest BCUT2D eigenvalue weighted by molar-refractivity contribution is 7.90. The second kappa shape index (κ2) is 6.07. The van der Waals surface area contributed by atoms with Crippen molar-refractivity contribution in [1.29, 1.82) is 0 Å². The summed E-state index contributed by atoms with van der Waals surface area (Å²) in [5.41, 5.74) is -0.275. The quantitative estimate of drug-likeness (QED) is 0.920. The van der Waals surface area contributed by atoms with E-state index in [-0.39, 0.29) is 22.9 Å². The summed E-state index contributed by atoms with van der Waals surface area (Å²) in [5.74, 6) is -3.16. The molecule has 0 bridgehead atoms. The molecule has 1 N–H and O–H groups in total. The van der Waals surface area contributed by atoms with Crippen LogP contribution in [0.5, 0.6) is 0 Å². The lowest BCUT2D eigenvalue weighted by atomic mass is 10.1. The van der Waals surface area contributed by atoms with Gasteiger partial charge in [-0.25, -0.2) is 26.9 Å². The molecule has 1 aromatic heterocycles. The molecule has 9 heteroatoms. The van der Waals surface area contributed by atoms with Crippen LogP contribution in [0.4, 0.5) is 8.78 Å². The van der Waals surface area contributed by atoms with Crippen LogP contribution in [0.3, 0.4) is 0 Å². The van der Waals surface area contributed by atoms with E-state index in [2.05, 4.69) is 4.98 Å². The molecule has 0 saturated heterocycles. The molecule has 1 amide bonds. The Hall–Kier alpha value is -2.29. The molecule has 0 spiro atoms. The molecular formula is C14H14F2N2O4S. The summed E-state index contributed by atoms with van der Waals surface area (Å²) in [7, 11) is -4.59. The fraction of sp³-hybridized carbons (Fsp3) is 0.286. The van der Waals surface area contributed by atoms with Gasteiger partial charge in [0.2, 0.25) is 0 Å². The van der Waals surface area contributed by atoms with Crippen LogP contribution < -0.4 is 4.72 Å². The number of hydrogen-bond acceptors (Lipinski definition) is 5. The van der Waals surface area contributed by atoms with Gasteiger partial charge in [-0.3, -0.25) is 4.79 Å². The van der Waals surface area contributed by atoms with Crippen LogP contribution in [0, 0.1) is 18.6 Å². The third-order valence-corrected chi connectivity index (χ3v) is 4.41. The van der Waals surface area contributed by atoms with Crippen LogP contribution in [0.2, 0.25) is 0 Å². The third-order valence-electron chi connectivity index (χ3n) is 3.06. The average molecular weight is 344 g/mol. The van der Waals surface area contributed by atoms with E-state index < -0.39 is 32.5 Å². The zero-order chi connectivity index (χ0) is 17.4. The molecule has 124 valence electrons. The van der Waals surface area contributed by atoms with Crippen molar-refractivity contribution in [2.75, 3.05) is 0 Å². The van der Waals surface area contributed by atoms with Crippen LogP contribution in [-0.2, 0) is 10.0 Å². The number of aromatic nitrogens is 1. The molecule has 0 fully saturated rings. The number of oxazole rings is 1. The number of halogens is 2. The first-order valence-corrected chi connectivity index (χ1v) is 8.08. The predicted molar refractivity (Wildman–Crippen MR) is 76.3 cm³/mol. The Bertz CT molecular complexity index is 860. The Kier molecular flexibility index (Phi) is 4.51. The minimum atomic E-state index is -4.59. The minimum absolute atomic E-state index is 0.0497. The van der Waals surface area contributed by atoms with E-state index >= 15 is 0 Å². The molecule has 0 aliphatic carbocycles. The maximum absolute atomic E-state index is 13.8. The number of hydrogen-bond donors (Lipinski definition) is 1. The lowest BCUT2D eigenvalue weighted by molar-refractivity contribution is 0.0974. The highest BCUT2D eigenvalue weighted by Gasteiger charge is 2.27. The van der Waals surface area contributed by atoms with Crippen molar-refractivity contribution in [3.8, 4) is 0 Å². The van der Waals surface area contributed by atoms with E-state index in [9.17, 15) is 22.0 Å². The first-order valence-electron chi connectivity index (χ1n) is 6.59. The van der Waals surface area contributed by atoms with Gasteiger partial charge in [0.25, 0.3) is 15.9 Å². The number of nitrogens with zero attached hydrogens (tertiary/aromatic N) is 1. The second-order valence-electron chi connectivity index (χ2n) is 5.19. The van der Waals surface area contributed by atoms with Gasteiger partial charge in [-0.1, -0.05) is 13.8 Å². The van der Waals surface area contributed by atoms with Gasteiger partial charge in [-0.05, 0) is 24.6 Å². The van der Waals surface area contributed by atoms with Crippen molar-refractivity contribution >= 4 is 15.9 Å². The van der Waals surface area contributed by atoms with Gasteiger partial charge < -0.3 is 4.42 Å². The Balaban J connectivity index is 2.37. The molecule has 2 aromatic rings. The number of benzene rings is 1. The first-order chi connectivity index (χ1) is 10.6. The van der Waals surface area contributed by atoms with E-state index in [1.807, 2.05) is 0 Å². The van der Waals surface area contributed by atoms with Gasteiger partial charge in [-0.15, -0.1) is 0 Å². The van der Waals surface area contributed by atoms with Crippen LogP contribution in [-0.4, -0.2) is 19.3 Å². The van der Waals surface area contributed by atoms with Crippen molar-refractivity contribution in [3.63, 3.8) is 0 Å². The Morgan fingerprint density at radius 3 is 2.52 bits per heavy atom. The molecule has 1 heterocycles.